The third-order valence-corrected chi connectivity index (χ3v) is 3.24. The summed E-state index contributed by atoms with van der Waals surface area (Å²) in [6.45, 7) is 5.27. The fourth-order valence-electron chi connectivity index (χ4n) is 1.82. The van der Waals surface area contributed by atoms with E-state index in [1.165, 1.54) is 0 Å². The van der Waals surface area contributed by atoms with Crippen LogP contribution in [0.2, 0.25) is 0 Å². The predicted molar refractivity (Wildman–Crippen MR) is 70.7 cm³/mol. The lowest BCUT2D eigenvalue weighted by Gasteiger charge is -2.23. The monoisotopic (exact) mass is 272 g/mol. The first-order valence-corrected chi connectivity index (χ1v) is 6.65. The lowest BCUT2D eigenvalue weighted by atomic mass is 9.91. The summed E-state index contributed by atoms with van der Waals surface area (Å²) in [6, 6.07) is 0. The average Bonchev–Trinajstić information content (AvgIpc) is 2.89. The van der Waals surface area contributed by atoms with Gasteiger partial charge >= 0.3 is 0 Å². The van der Waals surface area contributed by atoms with Gasteiger partial charge in [0.15, 0.2) is 0 Å². The summed E-state index contributed by atoms with van der Waals surface area (Å²) in [5.74, 6) is -0.577. The van der Waals surface area contributed by atoms with E-state index in [1.807, 2.05) is 0 Å². The number of carbonyl (C=O) groups is 2. The van der Waals surface area contributed by atoms with Crippen LogP contribution in [0, 0.1) is 5.41 Å². The molecule has 1 rings (SSSR count). The Morgan fingerprint density at radius 1 is 1.32 bits per heavy atom. The predicted octanol–water partition coefficient (Wildman–Crippen LogP) is 0.0704. The first kappa shape index (κ1) is 15.9. The molecule has 19 heavy (non-hydrogen) atoms. The van der Waals surface area contributed by atoms with Crippen LogP contribution in [-0.2, 0) is 19.1 Å². The molecule has 0 saturated carbocycles. The molecule has 1 aliphatic heterocycles. The fraction of sp³-hybridized carbons (Fsp3) is 0.846. The maximum absolute atomic E-state index is 12.0. The highest BCUT2D eigenvalue weighted by Gasteiger charge is 2.36. The molecule has 0 aliphatic carbocycles. The van der Waals surface area contributed by atoms with Crippen molar-refractivity contribution in [2.45, 2.75) is 32.8 Å². The molecule has 0 radical (unpaired) electrons. The fourth-order valence-corrected chi connectivity index (χ4v) is 1.82. The Labute approximate surface area is 114 Å². The molecule has 0 spiro atoms. The van der Waals surface area contributed by atoms with E-state index < -0.39 is 5.41 Å². The Morgan fingerprint density at radius 2 is 2.00 bits per heavy atom. The van der Waals surface area contributed by atoms with E-state index in [9.17, 15) is 9.59 Å². The number of nitrogens with one attached hydrogen (secondary N) is 2. The van der Waals surface area contributed by atoms with Gasteiger partial charge in [-0.1, -0.05) is 0 Å². The summed E-state index contributed by atoms with van der Waals surface area (Å²) in [7, 11) is 1.56. The average molecular weight is 272 g/mol. The van der Waals surface area contributed by atoms with Crippen LogP contribution in [0.15, 0.2) is 0 Å². The Bertz CT molecular complexity index is 312. The molecule has 1 aliphatic rings. The van der Waals surface area contributed by atoms with Crippen LogP contribution >= 0.6 is 0 Å². The van der Waals surface area contributed by atoms with Crippen LogP contribution in [0.4, 0.5) is 0 Å². The van der Waals surface area contributed by atoms with Crippen LogP contribution in [0.1, 0.15) is 26.7 Å². The maximum atomic E-state index is 12.0. The van der Waals surface area contributed by atoms with Crippen molar-refractivity contribution in [1.82, 2.24) is 10.6 Å². The van der Waals surface area contributed by atoms with Gasteiger partial charge in [-0.2, -0.15) is 0 Å². The normalized spacial score (nSPS) is 19.2. The topological polar surface area (TPSA) is 76.7 Å². The third kappa shape index (κ3) is 4.80. The highest BCUT2D eigenvalue weighted by molar-refractivity contribution is 6.04. The minimum absolute atomic E-state index is 0.0799. The molecule has 0 aromatic carbocycles. The van der Waals surface area contributed by atoms with Crippen LogP contribution in [0.3, 0.4) is 0 Å². The van der Waals surface area contributed by atoms with E-state index in [1.54, 1.807) is 21.0 Å². The number of carbonyl (C=O) groups excluding carboxylic acids is 2. The van der Waals surface area contributed by atoms with E-state index in [2.05, 4.69) is 10.6 Å². The molecule has 0 aromatic heterocycles. The molecule has 6 nitrogen and oxygen atoms in total. The van der Waals surface area contributed by atoms with Gasteiger partial charge in [0.2, 0.25) is 11.8 Å². The molecule has 0 aromatic rings. The highest BCUT2D eigenvalue weighted by atomic mass is 16.5. The summed E-state index contributed by atoms with van der Waals surface area (Å²) < 4.78 is 10.3. The summed E-state index contributed by atoms with van der Waals surface area (Å²) in [5, 5.41) is 5.46. The largest absolute Gasteiger partial charge is 0.383 e. The van der Waals surface area contributed by atoms with Crippen molar-refractivity contribution in [3.05, 3.63) is 0 Å². The number of hydrogen-bond acceptors (Lipinski definition) is 4. The lowest BCUT2D eigenvalue weighted by molar-refractivity contribution is -0.141. The zero-order chi connectivity index (χ0) is 14.3. The van der Waals surface area contributed by atoms with E-state index in [0.29, 0.717) is 19.7 Å². The molecule has 2 N–H and O–H groups in total. The molecule has 1 heterocycles. The van der Waals surface area contributed by atoms with Crippen LogP contribution in [-0.4, -0.2) is 51.3 Å². The number of hydrogen-bond donors (Lipinski definition) is 2. The second-order valence-electron chi connectivity index (χ2n) is 5.22. The SMILES string of the molecule is COCCNC(=O)C(C)(C)C(=O)NCC1CCCO1. The van der Waals surface area contributed by atoms with Crippen molar-refractivity contribution < 1.29 is 19.1 Å². The van der Waals surface area contributed by atoms with Crippen molar-refractivity contribution in [2.75, 3.05) is 33.4 Å². The van der Waals surface area contributed by atoms with Gasteiger partial charge in [-0.25, -0.2) is 0 Å². The van der Waals surface area contributed by atoms with Gasteiger partial charge in [-0.05, 0) is 26.7 Å². The smallest absolute Gasteiger partial charge is 0.235 e. The van der Waals surface area contributed by atoms with Crippen molar-refractivity contribution in [3.63, 3.8) is 0 Å². The molecule has 0 bridgehead atoms. The van der Waals surface area contributed by atoms with Gasteiger partial charge in [0.05, 0.1) is 12.7 Å². The number of ether oxygens (including phenoxy) is 2. The Balaban J connectivity index is 2.36. The molecule has 110 valence electrons. The molecule has 6 heteroatoms. The first-order chi connectivity index (χ1) is 8.98. The maximum Gasteiger partial charge on any atom is 0.235 e. The van der Waals surface area contributed by atoms with Crippen molar-refractivity contribution in [2.24, 2.45) is 5.41 Å². The minimum atomic E-state index is -1.09. The summed E-state index contributed by atoms with van der Waals surface area (Å²) in [6.07, 6.45) is 2.07. The van der Waals surface area contributed by atoms with Gasteiger partial charge in [0, 0.05) is 26.8 Å². The van der Waals surface area contributed by atoms with Gasteiger partial charge < -0.3 is 20.1 Å². The Hall–Kier alpha value is -1.14. The van der Waals surface area contributed by atoms with E-state index >= 15 is 0 Å². The highest BCUT2D eigenvalue weighted by Crippen LogP contribution is 2.16. The molecule has 1 unspecified atom stereocenters. The Kier molecular flexibility index (Phi) is 6.24. The number of methoxy groups -OCH3 is 1. The summed E-state index contributed by atoms with van der Waals surface area (Å²) in [5.41, 5.74) is -1.09. The second-order valence-corrected chi connectivity index (χ2v) is 5.22. The van der Waals surface area contributed by atoms with Gasteiger partial charge in [0.1, 0.15) is 5.41 Å². The summed E-state index contributed by atoms with van der Waals surface area (Å²) in [4.78, 5) is 24.0. The molecular formula is C13H24N2O4. The molecule has 1 atom stereocenters. The minimum Gasteiger partial charge on any atom is -0.383 e. The van der Waals surface area contributed by atoms with Gasteiger partial charge in [-0.15, -0.1) is 0 Å². The summed E-state index contributed by atoms with van der Waals surface area (Å²) >= 11 is 0. The lowest BCUT2D eigenvalue weighted by Crippen LogP contribution is -2.49. The van der Waals surface area contributed by atoms with E-state index in [0.717, 1.165) is 19.4 Å². The van der Waals surface area contributed by atoms with E-state index in [-0.39, 0.29) is 17.9 Å². The first-order valence-electron chi connectivity index (χ1n) is 6.65. The Morgan fingerprint density at radius 3 is 2.58 bits per heavy atom. The molecular weight excluding hydrogens is 248 g/mol. The number of rotatable bonds is 7. The zero-order valence-corrected chi connectivity index (χ0v) is 12.0. The van der Waals surface area contributed by atoms with Gasteiger partial charge in [-0.3, -0.25) is 9.59 Å². The van der Waals surface area contributed by atoms with Crippen molar-refractivity contribution in [3.8, 4) is 0 Å². The molecule has 2 amide bonds. The zero-order valence-electron chi connectivity index (χ0n) is 12.0. The van der Waals surface area contributed by atoms with Crippen molar-refractivity contribution in [1.29, 1.82) is 0 Å². The van der Waals surface area contributed by atoms with E-state index in [4.69, 9.17) is 9.47 Å². The van der Waals surface area contributed by atoms with Crippen LogP contribution < -0.4 is 10.6 Å². The molecule has 1 saturated heterocycles. The molecule has 1 fully saturated rings. The van der Waals surface area contributed by atoms with Gasteiger partial charge in [0.25, 0.3) is 0 Å². The quantitative estimate of drug-likeness (QED) is 0.508. The standard InChI is InChI=1S/C13H24N2O4/c1-13(2,11(16)14-6-8-18-3)12(17)15-9-10-5-4-7-19-10/h10H,4-9H2,1-3H3,(H,14,16)(H,15,17). The van der Waals surface area contributed by atoms with Crippen molar-refractivity contribution >= 4 is 11.8 Å². The third-order valence-electron chi connectivity index (χ3n) is 3.24. The second kappa shape index (κ2) is 7.45. The number of amides is 2. The van der Waals surface area contributed by atoms with Crippen LogP contribution in [0.25, 0.3) is 0 Å². The van der Waals surface area contributed by atoms with Crippen LogP contribution in [0.5, 0.6) is 0 Å².